The third-order valence-corrected chi connectivity index (χ3v) is 3.14. The van der Waals surface area contributed by atoms with Crippen molar-refractivity contribution >= 4 is 5.97 Å². The molecular weight excluding hydrogens is 250 g/mol. The standard InChI is InChI=1S/C17H20NO2/c1-3-20-17(19)12-16-6-4-5-11-18(16)13-15-9-7-14(2)8-10-15/h4-11H,3,12-13H2,1-2H3/q+1. The summed E-state index contributed by atoms with van der Waals surface area (Å²) in [6.07, 6.45) is 2.30. The predicted octanol–water partition coefficient (Wildman–Crippen LogP) is 2.44. The van der Waals surface area contributed by atoms with Crippen LogP contribution in [0.4, 0.5) is 0 Å². The third-order valence-electron chi connectivity index (χ3n) is 3.14. The van der Waals surface area contributed by atoms with Crippen molar-refractivity contribution in [2.75, 3.05) is 6.61 Å². The highest BCUT2D eigenvalue weighted by Crippen LogP contribution is 2.04. The molecule has 0 amide bonds. The van der Waals surface area contributed by atoms with Gasteiger partial charge in [0, 0.05) is 17.7 Å². The smallest absolute Gasteiger partial charge is 0.316 e. The molecule has 104 valence electrons. The molecular formula is C17H20NO2+. The van der Waals surface area contributed by atoms with E-state index in [1.165, 1.54) is 11.1 Å². The van der Waals surface area contributed by atoms with E-state index >= 15 is 0 Å². The highest BCUT2D eigenvalue weighted by atomic mass is 16.5. The van der Waals surface area contributed by atoms with Crippen LogP contribution in [0.5, 0.6) is 0 Å². The van der Waals surface area contributed by atoms with Crippen LogP contribution < -0.4 is 4.57 Å². The second-order valence-electron chi connectivity index (χ2n) is 4.79. The van der Waals surface area contributed by atoms with E-state index in [9.17, 15) is 4.79 Å². The molecule has 2 aromatic rings. The van der Waals surface area contributed by atoms with Crippen LogP contribution in [0, 0.1) is 6.92 Å². The number of aromatic nitrogens is 1. The maximum Gasteiger partial charge on any atom is 0.316 e. The lowest BCUT2D eigenvalue weighted by Gasteiger charge is -2.04. The Kier molecular flexibility index (Phi) is 4.88. The fourth-order valence-corrected chi connectivity index (χ4v) is 2.08. The summed E-state index contributed by atoms with van der Waals surface area (Å²) in [5.41, 5.74) is 3.43. The van der Waals surface area contributed by atoms with Gasteiger partial charge in [0.1, 0.15) is 6.42 Å². The molecule has 0 atom stereocenters. The maximum absolute atomic E-state index is 11.6. The van der Waals surface area contributed by atoms with Crippen LogP contribution in [0.3, 0.4) is 0 Å². The van der Waals surface area contributed by atoms with Gasteiger partial charge < -0.3 is 4.74 Å². The summed E-state index contributed by atoms with van der Waals surface area (Å²) in [6.45, 7) is 5.08. The molecule has 0 aliphatic rings. The predicted molar refractivity (Wildman–Crippen MR) is 77.3 cm³/mol. The number of carbonyl (C=O) groups is 1. The number of rotatable bonds is 5. The van der Waals surface area contributed by atoms with Crippen molar-refractivity contribution in [1.82, 2.24) is 0 Å². The summed E-state index contributed by atoms with van der Waals surface area (Å²) in [7, 11) is 0. The molecule has 0 unspecified atom stereocenters. The minimum atomic E-state index is -0.184. The second-order valence-corrected chi connectivity index (χ2v) is 4.79. The van der Waals surface area contributed by atoms with Gasteiger partial charge in [0.2, 0.25) is 0 Å². The molecule has 0 N–H and O–H groups in total. The summed E-state index contributed by atoms with van der Waals surface area (Å²) in [6, 6.07) is 14.3. The van der Waals surface area contributed by atoms with Crippen LogP contribution >= 0.6 is 0 Å². The highest BCUT2D eigenvalue weighted by Gasteiger charge is 2.15. The first-order valence-electron chi connectivity index (χ1n) is 6.87. The molecule has 0 aliphatic carbocycles. The number of benzene rings is 1. The summed E-state index contributed by atoms with van der Waals surface area (Å²) in [5.74, 6) is -0.184. The summed E-state index contributed by atoms with van der Waals surface area (Å²) >= 11 is 0. The molecule has 0 aliphatic heterocycles. The summed E-state index contributed by atoms with van der Waals surface area (Å²) < 4.78 is 7.10. The normalized spacial score (nSPS) is 10.3. The van der Waals surface area contributed by atoms with Gasteiger partial charge in [0.05, 0.1) is 6.61 Å². The number of nitrogens with zero attached hydrogens (tertiary/aromatic N) is 1. The van der Waals surface area contributed by atoms with Crippen molar-refractivity contribution in [1.29, 1.82) is 0 Å². The lowest BCUT2D eigenvalue weighted by atomic mass is 10.1. The minimum absolute atomic E-state index is 0.184. The van der Waals surface area contributed by atoms with E-state index in [1.807, 2.05) is 31.3 Å². The average molecular weight is 270 g/mol. The van der Waals surface area contributed by atoms with Crippen molar-refractivity contribution in [3.05, 3.63) is 65.5 Å². The Morgan fingerprint density at radius 2 is 1.90 bits per heavy atom. The van der Waals surface area contributed by atoms with Crippen molar-refractivity contribution in [2.45, 2.75) is 26.8 Å². The number of hydrogen-bond acceptors (Lipinski definition) is 2. The summed E-state index contributed by atoms with van der Waals surface area (Å²) in [4.78, 5) is 11.6. The van der Waals surface area contributed by atoms with Gasteiger partial charge in [-0.1, -0.05) is 35.9 Å². The van der Waals surface area contributed by atoms with E-state index in [1.54, 1.807) is 0 Å². The monoisotopic (exact) mass is 270 g/mol. The molecule has 0 spiro atoms. The zero-order valence-corrected chi connectivity index (χ0v) is 12.0. The highest BCUT2D eigenvalue weighted by molar-refractivity contribution is 5.71. The minimum Gasteiger partial charge on any atom is -0.466 e. The molecule has 3 heteroatoms. The van der Waals surface area contributed by atoms with Crippen LogP contribution in [0.15, 0.2) is 48.7 Å². The SMILES string of the molecule is CCOC(=O)Cc1cccc[n+]1Cc1ccc(C)cc1. The molecule has 0 saturated carbocycles. The number of carbonyl (C=O) groups excluding carboxylic acids is 1. The Balaban J connectivity index is 2.15. The number of ether oxygens (including phenoxy) is 1. The Bertz CT molecular complexity index is 576. The van der Waals surface area contributed by atoms with Crippen molar-refractivity contribution < 1.29 is 14.1 Å². The van der Waals surface area contributed by atoms with Gasteiger partial charge in [0.15, 0.2) is 18.4 Å². The Morgan fingerprint density at radius 1 is 1.15 bits per heavy atom. The maximum atomic E-state index is 11.6. The number of esters is 1. The molecule has 1 heterocycles. The fourth-order valence-electron chi connectivity index (χ4n) is 2.08. The van der Waals surface area contributed by atoms with Gasteiger partial charge >= 0.3 is 5.97 Å². The van der Waals surface area contributed by atoms with E-state index in [0.29, 0.717) is 13.0 Å². The molecule has 0 fully saturated rings. The zero-order valence-electron chi connectivity index (χ0n) is 12.0. The lowest BCUT2D eigenvalue weighted by Crippen LogP contribution is -2.39. The zero-order chi connectivity index (χ0) is 14.4. The summed E-state index contributed by atoms with van der Waals surface area (Å²) in [5, 5.41) is 0. The van der Waals surface area contributed by atoms with Crippen molar-refractivity contribution in [3.63, 3.8) is 0 Å². The molecule has 0 radical (unpaired) electrons. The first-order valence-corrected chi connectivity index (χ1v) is 6.87. The Labute approximate surface area is 119 Å². The van der Waals surface area contributed by atoms with E-state index in [0.717, 1.165) is 12.2 Å². The van der Waals surface area contributed by atoms with E-state index in [-0.39, 0.29) is 5.97 Å². The van der Waals surface area contributed by atoms with Crippen LogP contribution in [0.25, 0.3) is 0 Å². The van der Waals surface area contributed by atoms with Gasteiger partial charge in [-0.3, -0.25) is 4.79 Å². The lowest BCUT2D eigenvalue weighted by molar-refractivity contribution is -0.695. The van der Waals surface area contributed by atoms with Crippen LogP contribution in [0.2, 0.25) is 0 Å². The van der Waals surface area contributed by atoms with Gasteiger partial charge in [-0.05, 0) is 13.8 Å². The molecule has 2 rings (SSSR count). The Morgan fingerprint density at radius 3 is 2.60 bits per heavy atom. The second kappa shape index (κ2) is 6.85. The quantitative estimate of drug-likeness (QED) is 0.617. The molecule has 0 bridgehead atoms. The molecule has 1 aromatic carbocycles. The molecule has 1 aromatic heterocycles. The Hall–Kier alpha value is -2.16. The number of aryl methyl sites for hydroxylation is 1. The average Bonchev–Trinajstić information content (AvgIpc) is 2.44. The van der Waals surface area contributed by atoms with Crippen LogP contribution in [0.1, 0.15) is 23.7 Å². The van der Waals surface area contributed by atoms with E-state index < -0.39 is 0 Å². The van der Waals surface area contributed by atoms with Gasteiger partial charge in [0.25, 0.3) is 0 Å². The largest absolute Gasteiger partial charge is 0.466 e. The number of hydrogen-bond donors (Lipinski definition) is 0. The van der Waals surface area contributed by atoms with E-state index in [2.05, 4.69) is 35.8 Å². The van der Waals surface area contributed by atoms with Gasteiger partial charge in [-0.25, -0.2) is 0 Å². The van der Waals surface area contributed by atoms with Crippen molar-refractivity contribution in [3.8, 4) is 0 Å². The van der Waals surface area contributed by atoms with Crippen molar-refractivity contribution in [2.24, 2.45) is 0 Å². The topological polar surface area (TPSA) is 30.2 Å². The van der Waals surface area contributed by atoms with Crippen LogP contribution in [-0.4, -0.2) is 12.6 Å². The first-order chi connectivity index (χ1) is 9.69. The van der Waals surface area contributed by atoms with Crippen LogP contribution in [-0.2, 0) is 22.5 Å². The molecule has 20 heavy (non-hydrogen) atoms. The third kappa shape index (κ3) is 3.92. The molecule has 0 saturated heterocycles. The van der Waals surface area contributed by atoms with E-state index in [4.69, 9.17) is 4.74 Å². The number of pyridine rings is 1. The van der Waals surface area contributed by atoms with Gasteiger partial charge in [-0.2, -0.15) is 4.57 Å². The van der Waals surface area contributed by atoms with Gasteiger partial charge in [-0.15, -0.1) is 0 Å². The fraction of sp³-hybridized carbons (Fsp3) is 0.294. The first kappa shape index (κ1) is 14.3. The molecule has 3 nitrogen and oxygen atoms in total.